The van der Waals surface area contributed by atoms with Gasteiger partial charge in [-0.25, -0.2) is 0 Å². The summed E-state index contributed by atoms with van der Waals surface area (Å²) >= 11 is 0. The van der Waals surface area contributed by atoms with Gasteiger partial charge in [0.1, 0.15) is 11.3 Å². The molecule has 0 radical (unpaired) electrons. The Morgan fingerprint density at radius 3 is 2.75 bits per heavy atom. The molecule has 3 aromatic rings. The largest absolute Gasteiger partial charge is 0.508 e. The molecule has 0 fully saturated rings. The van der Waals surface area contributed by atoms with Crippen LogP contribution in [-0.2, 0) is 11.2 Å². The van der Waals surface area contributed by atoms with E-state index >= 15 is 0 Å². The highest BCUT2D eigenvalue weighted by Crippen LogP contribution is 2.29. The lowest BCUT2D eigenvalue weighted by molar-refractivity contribution is -0.115. The molecule has 24 heavy (non-hydrogen) atoms. The van der Waals surface area contributed by atoms with E-state index in [4.69, 9.17) is 4.42 Å². The van der Waals surface area contributed by atoms with Crippen LogP contribution in [0.3, 0.4) is 0 Å². The molecule has 1 heterocycles. The minimum absolute atomic E-state index is 0.124. The first kappa shape index (κ1) is 16.1. The molecule has 0 saturated heterocycles. The van der Waals surface area contributed by atoms with E-state index in [2.05, 4.69) is 32.2 Å². The van der Waals surface area contributed by atoms with Gasteiger partial charge in [-0.05, 0) is 48.2 Å². The summed E-state index contributed by atoms with van der Waals surface area (Å²) in [6.45, 7) is 6.39. The van der Waals surface area contributed by atoms with E-state index < -0.39 is 0 Å². The summed E-state index contributed by atoms with van der Waals surface area (Å²) < 4.78 is 5.61. The van der Waals surface area contributed by atoms with Gasteiger partial charge in [-0.1, -0.05) is 19.9 Å². The quantitative estimate of drug-likeness (QED) is 0.728. The Kier molecular flexibility index (Phi) is 4.30. The van der Waals surface area contributed by atoms with Gasteiger partial charge in [-0.15, -0.1) is 0 Å². The van der Waals surface area contributed by atoms with Gasteiger partial charge in [0.05, 0.1) is 12.7 Å². The van der Waals surface area contributed by atoms with Crippen LogP contribution in [0.4, 0.5) is 5.69 Å². The van der Waals surface area contributed by atoms with Crippen LogP contribution in [0, 0.1) is 6.92 Å². The highest BCUT2D eigenvalue weighted by atomic mass is 16.3. The molecule has 0 aliphatic heterocycles. The van der Waals surface area contributed by atoms with Crippen LogP contribution in [0.5, 0.6) is 5.75 Å². The predicted octanol–water partition coefficient (Wildman–Crippen LogP) is 4.75. The monoisotopic (exact) mass is 323 g/mol. The van der Waals surface area contributed by atoms with Crippen molar-refractivity contribution in [1.82, 2.24) is 0 Å². The van der Waals surface area contributed by atoms with Gasteiger partial charge in [0.25, 0.3) is 0 Å². The van der Waals surface area contributed by atoms with Crippen molar-refractivity contribution < 1.29 is 14.3 Å². The van der Waals surface area contributed by atoms with Crippen molar-refractivity contribution in [3.05, 3.63) is 59.4 Å². The smallest absolute Gasteiger partial charge is 0.228 e. The molecular weight excluding hydrogens is 302 g/mol. The number of benzene rings is 2. The topological polar surface area (TPSA) is 62.5 Å². The highest BCUT2D eigenvalue weighted by molar-refractivity contribution is 5.95. The molecule has 3 rings (SSSR count). The third-order valence-corrected chi connectivity index (χ3v) is 4.15. The molecule has 2 N–H and O–H groups in total. The number of phenolic OH excluding ortho intramolecular Hbond substituents is 1. The van der Waals surface area contributed by atoms with E-state index in [-0.39, 0.29) is 18.1 Å². The second-order valence-corrected chi connectivity index (χ2v) is 6.40. The van der Waals surface area contributed by atoms with Crippen molar-refractivity contribution in [2.75, 3.05) is 5.32 Å². The number of hydrogen-bond acceptors (Lipinski definition) is 3. The summed E-state index contributed by atoms with van der Waals surface area (Å²) in [5, 5.41) is 13.2. The van der Waals surface area contributed by atoms with E-state index in [1.807, 2.05) is 6.07 Å². The Balaban J connectivity index is 1.84. The summed E-state index contributed by atoms with van der Waals surface area (Å²) in [5.74, 6) is 0.395. The summed E-state index contributed by atoms with van der Waals surface area (Å²) in [6.07, 6.45) is 1.87. The van der Waals surface area contributed by atoms with Crippen molar-refractivity contribution in [2.45, 2.75) is 33.1 Å². The maximum Gasteiger partial charge on any atom is 0.228 e. The molecule has 0 bridgehead atoms. The molecule has 1 aromatic heterocycles. The zero-order chi connectivity index (χ0) is 17.3. The van der Waals surface area contributed by atoms with E-state index in [9.17, 15) is 9.90 Å². The fourth-order valence-corrected chi connectivity index (χ4v) is 2.97. The maximum absolute atomic E-state index is 12.3. The highest BCUT2D eigenvalue weighted by Gasteiger charge is 2.14. The standard InChI is InChI=1S/C20H21NO3/c1-12(2)17-10-18-14(11-24-19(18)7-13(17)3)8-20(23)21-15-5-4-6-16(22)9-15/h4-7,9-12,22H,8H2,1-3H3,(H,21,23). The summed E-state index contributed by atoms with van der Waals surface area (Å²) in [4.78, 5) is 12.3. The second kappa shape index (κ2) is 6.40. The fraction of sp³-hybridized carbons (Fsp3) is 0.250. The number of hydrogen-bond donors (Lipinski definition) is 2. The Labute approximate surface area is 141 Å². The van der Waals surface area contributed by atoms with Gasteiger partial charge in [-0.2, -0.15) is 0 Å². The molecule has 124 valence electrons. The van der Waals surface area contributed by atoms with Gasteiger partial charge in [0.15, 0.2) is 0 Å². The zero-order valence-corrected chi connectivity index (χ0v) is 14.1. The molecule has 0 aliphatic rings. The predicted molar refractivity (Wildman–Crippen MR) is 95.5 cm³/mol. The molecule has 0 unspecified atom stereocenters. The third kappa shape index (κ3) is 3.27. The fourth-order valence-electron chi connectivity index (χ4n) is 2.97. The van der Waals surface area contributed by atoms with E-state index in [1.165, 1.54) is 17.2 Å². The Hall–Kier alpha value is -2.75. The molecule has 0 aliphatic carbocycles. The summed E-state index contributed by atoms with van der Waals surface area (Å²) in [5.41, 5.74) is 4.70. The molecule has 4 nitrogen and oxygen atoms in total. The Morgan fingerprint density at radius 2 is 2.04 bits per heavy atom. The van der Waals surface area contributed by atoms with Crippen molar-refractivity contribution in [2.24, 2.45) is 0 Å². The Morgan fingerprint density at radius 1 is 1.25 bits per heavy atom. The number of carbonyl (C=O) groups excluding carboxylic acids is 1. The van der Waals surface area contributed by atoms with Gasteiger partial charge >= 0.3 is 0 Å². The average Bonchev–Trinajstić information content (AvgIpc) is 2.88. The van der Waals surface area contributed by atoms with Crippen LogP contribution in [0.1, 0.15) is 36.5 Å². The molecule has 1 amide bonds. The number of fused-ring (bicyclic) bond motifs is 1. The normalized spacial score (nSPS) is 11.2. The molecular formula is C20H21NO3. The van der Waals surface area contributed by atoms with Crippen LogP contribution in [0.2, 0.25) is 0 Å². The molecule has 0 atom stereocenters. The third-order valence-electron chi connectivity index (χ3n) is 4.15. The number of furan rings is 1. The maximum atomic E-state index is 12.3. The van der Waals surface area contributed by atoms with Crippen molar-refractivity contribution in [1.29, 1.82) is 0 Å². The number of anilines is 1. The summed E-state index contributed by atoms with van der Waals surface area (Å²) in [7, 11) is 0. The van der Waals surface area contributed by atoms with Crippen molar-refractivity contribution in [3.63, 3.8) is 0 Å². The van der Waals surface area contributed by atoms with Crippen LogP contribution >= 0.6 is 0 Å². The minimum Gasteiger partial charge on any atom is -0.508 e. The zero-order valence-electron chi connectivity index (χ0n) is 14.1. The second-order valence-electron chi connectivity index (χ2n) is 6.40. The van der Waals surface area contributed by atoms with Crippen LogP contribution in [-0.4, -0.2) is 11.0 Å². The van der Waals surface area contributed by atoms with Gasteiger partial charge in [0, 0.05) is 22.7 Å². The molecule has 0 saturated carbocycles. The van der Waals surface area contributed by atoms with E-state index in [1.54, 1.807) is 24.5 Å². The van der Waals surface area contributed by atoms with Crippen molar-refractivity contribution in [3.8, 4) is 5.75 Å². The van der Waals surface area contributed by atoms with E-state index in [0.29, 0.717) is 11.6 Å². The van der Waals surface area contributed by atoms with Crippen LogP contribution in [0.15, 0.2) is 47.1 Å². The number of amides is 1. The Bertz CT molecular complexity index is 893. The van der Waals surface area contributed by atoms with E-state index in [0.717, 1.165) is 16.5 Å². The number of aromatic hydroxyl groups is 1. The number of rotatable bonds is 4. The van der Waals surface area contributed by atoms with Gasteiger partial charge < -0.3 is 14.8 Å². The SMILES string of the molecule is Cc1cc2occ(CC(=O)Nc3cccc(O)c3)c2cc1C(C)C. The number of nitrogens with one attached hydrogen (secondary N) is 1. The van der Waals surface area contributed by atoms with Crippen LogP contribution < -0.4 is 5.32 Å². The first-order valence-corrected chi connectivity index (χ1v) is 8.03. The molecule has 0 spiro atoms. The molecule has 2 aromatic carbocycles. The average molecular weight is 323 g/mol. The number of aryl methyl sites for hydroxylation is 1. The summed E-state index contributed by atoms with van der Waals surface area (Å²) in [6, 6.07) is 10.7. The molecule has 4 heteroatoms. The number of phenols is 1. The van der Waals surface area contributed by atoms with Gasteiger partial charge in [-0.3, -0.25) is 4.79 Å². The lowest BCUT2D eigenvalue weighted by Crippen LogP contribution is -2.14. The lowest BCUT2D eigenvalue weighted by Gasteiger charge is -2.10. The number of carbonyl (C=O) groups is 1. The first-order chi connectivity index (χ1) is 11.4. The van der Waals surface area contributed by atoms with Crippen LogP contribution in [0.25, 0.3) is 11.0 Å². The van der Waals surface area contributed by atoms with Crippen molar-refractivity contribution >= 4 is 22.6 Å². The van der Waals surface area contributed by atoms with Gasteiger partial charge in [0.2, 0.25) is 5.91 Å². The first-order valence-electron chi connectivity index (χ1n) is 8.03. The minimum atomic E-state index is -0.144. The lowest BCUT2D eigenvalue weighted by atomic mass is 9.95.